The van der Waals surface area contributed by atoms with Gasteiger partial charge in [-0.3, -0.25) is 0 Å². The standard InChI is InChI=1S/C13H11ClN4S/c14-12-4-2-9(19-12)6-16-13-10-3-1-8(15)5-11(10)17-7-18-13/h1-5,7H,6,15H2,(H,16,17,18). The molecule has 0 amide bonds. The van der Waals surface area contributed by atoms with Gasteiger partial charge in [0, 0.05) is 16.0 Å². The van der Waals surface area contributed by atoms with Gasteiger partial charge >= 0.3 is 0 Å². The molecule has 0 atom stereocenters. The highest BCUT2D eigenvalue weighted by Gasteiger charge is 2.04. The average Bonchev–Trinajstić information content (AvgIpc) is 2.81. The molecule has 1 aromatic carbocycles. The van der Waals surface area contributed by atoms with Crippen molar-refractivity contribution in [2.75, 3.05) is 11.1 Å². The van der Waals surface area contributed by atoms with Gasteiger partial charge in [0.25, 0.3) is 0 Å². The van der Waals surface area contributed by atoms with Crippen LogP contribution in [0.3, 0.4) is 0 Å². The lowest BCUT2D eigenvalue weighted by atomic mass is 10.2. The zero-order chi connectivity index (χ0) is 13.2. The van der Waals surface area contributed by atoms with Crippen molar-refractivity contribution in [3.8, 4) is 0 Å². The zero-order valence-corrected chi connectivity index (χ0v) is 11.5. The third kappa shape index (κ3) is 2.62. The number of rotatable bonds is 3. The summed E-state index contributed by atoms with van der Waals surface area (Å²) in [6, 6.07) is 9.50. The van der Waals surface area contributed by atoms with Crippen molar-refractivity contribution in [3.05, 3.63) is 45.9 Å². The first-order chi connectivity index (χ1) is 9.22. The van der Waals surface area contributed by atoms with Crippen LogP contribution in [0.2, 0.25) is 4.34 Å². The Morgan fingerprint density at radius 1 is 1.21 bits per heavy atom. The molecule has 3 rings (SSSR count). The SMILES string of the molecule is Nc1ccc2c(NCc3ccc(Cl)s3)ncnc2c1. The Bertz CT molecular complexity index is 725. The monoisotopic (exact) mass is 290 g/mol. The van der Waals surface area contributed by atoms with E-state index in [9.17, 15) is 0 Å². The molecule has 3 aromatic rings. The van der Waals surface area contributed by atoms with E-state index >= 15 is 0 Å². The van der Waals surface area contributed by atoms with E-state index in [0.29, 0.717) is 12.2 Å². The minimum atomic E-state index is 0.688. The molecule has 0 saturated heterocycles. The first kappa shape index (κ1) is 12.2. The molecule has 0 aliphatic heterocycles. The van der Waals surface area contributed by atoms with Crippen LogP contribution in [0.15, 0.2) is 36.7 Å². The lowest BCUT2D eigenvalue weighted by Crippen LogP contribution is -2.01. The van der Waals surface area contributed by atoms with Gasteiger partial charge in [0.2, 0.25) is 0 Å². The van der Waals surface area contributed by atoms with Crippen molar-refractivity contribution in [1.82, 2.24) is 9.97 Å². The van der Waals surface area contributed by atoms with Gasteiger partial charge in [-0.15, -0.1) is 11.3 Å². The molecule has 0 bridgehead atoms. The number of hydrogen-bond donors (Lipinski definition) is 2. The van der Waals surface area contributed by atoms with Crippen LogP contribution in [0.5, 0.6) is 0 Å². The second kappa shape index (κ2) is 5.03. The molecule has 4 nitrogen and oxygen atoms in total. The Balaban J connectivity index is 1.88. The molecular formula is C13H11ClN4S. The lowest BCUT2D eigenvalue weighted by Gasteiger charge is -2.07. The minimum absolute atomic E-state index is 0.688. The van der Waals surface area contributed by atoms with Crippen LogP contribution >= 0.6 is 22.9 Å². The fourth-order valence-corrected chi connectivity index (χ4v) is 2.86. The average molecular weight is 291 g/mol. The highest BCUT2D eigenvalue weighted by molar-refractivity contribution is 7.16. The zero-order valence-electron chi connectivity index (χ0n) is 9.93. The van der Waals surface area contributed by atoms with Crippen molar-refractivity contribution in [2.45, 2.75) is 6.54 Å². The van der Waals surface area contributed by atoms with Crippen molar-refractivity contribution in [1.29, 1.82) is 0 Å². The van der Waals surface area contributed by atoms with E-state index in [0.717, 1.165) is 25.9 Å². The Kier molecular flexibility index (Phi) is 3.23. The molecule has 0 aliphatic rings. The molecular weight excluding hydrogens is 280 g/mol. The Labute approximate surface area is 119 Å². The van der Waals surface area contributed by atoms with E-state index in [4.69, 9.17) is 17.3 Å². The molecule has 0 radical (unpaired) electrons. The van der Waals surface area contributed by atoms with E-state index in [1.807, 2.05) is 30.3 Å². The lowest BCUT2D eigenvalue weighted by molar-refractivity contribution is 1.13. The number of hydrogen-bond acceptors (Lipinski definition) is 5. The summed E-state index contributed by atoms with van der Waals surface area (Å²) in [5.74, 6) is 0.800. The second-order valence-electron chi connectivity index (χ2n) is 4.06. The van der Waals surface area contributed by atoms with Gasteiger partial charge in [-0.05, 0) is 30.3 Å². The van der Waals surface area contributed by atoms with E-state index < -0.39 is 0 Å². The van der Waals surface area contributed by atoms with E-state index in [1.54, 1.807) is 11.3 Å². The van der Waals surface area contributed by atoms with Gasteiger partial charge in [0.15, 0.2) is 0 Å². The van der Waals surface area contributed by atoms with Crippen LogP contribution in [0.4, 0.5) is 11.5 Å². The number of benzene rings is 1. The Morgan fingerprint density at radius 3 is 2.89 bits per heavy atom. The number of nitrogen functional groups attached to an aromatic ring is 1. The second-order valence-corrected chi connectivity index (χ2v) is 5.86. The van der Waals surface area contributed by atoms with Gasteiger partial charge in [0.05, 0.1) is 16.4 Å². The normalized spacial score (nSPS) is 10.8. The Morgan fingerprint density at radius 2 is 2.11 bits per heavy atom. The van der Waals surface area contributed by atoms with Gasteiger partial charge < -0.3 is 11.1 Å². The smallest absolute Gasteiger partial charge is 0.137 e. The number of nitrogens with zero attached hydrogens (tertiary/aromatic N) is 2. The molecule has 0 fully saturated rings. The first-order valence-electron chi connectivity index (χ1n) is 5.71. The molecule has 3 N–H and O–H groups in total. The van der Waals surface area contributed by atoms with Crippen molar-refractivity contribution in [2.24, 2.45) is 0 Å². The van der Waals surface area contributed by atoms with Gasteiger partial charge in [-0.2, -0.15) is 0 Å². The predicted octanol–water partition coefficient (Wildman–Crippen LogP) is 3.54. The largest absolute Gasteiger partial charge is 0.399 e. The predicted molar refractivity (Wildman–Crippen MR) is 80.6 cm³/mol. The molecule has 0 saturated carbocycles. The summed E-state index contributed by atoms with van der Waals surface area (Å²) in [6.45, 7) is 0.688. The minimum Gasteiger partial charge on any atom is -0.399 e. The molecule has 0 spiro atoms. The maximum atomic E-state index is 5.91. The molecule has 2 aromatic heterocycles. The maximum absolute atomic E-state index is 5.91. The third-order valence-electron chi connectivity index (χ3n) is 2.72. The highest BCUT2D eigenvalue weighted by atomic mass is 35.5. The number of anilines is 2. The topological polar surface area (TPSA) is 63.8 Å². The molecule has 0 aliphatic carbocycles. The van der Waals surface area contributed by atoms with Crippen molar-refractivity contribution >= 4 is 45.3 Å². The number of halogens is 1. The summed E-state index contributed by atoms with van der Waals surface area (Å²) in [4.78, 5) is 9.64. The fourth-order valence-electron chi connectivity index (χ4n) is 1.83. The molecule has 2 heterocycles. The summed E-state index contributed by atoms with van der Waals surface area (Å²) < 4.78 is 0.789. The maximum Gasteiger partial charge on any atom is 0.137 e. The number of aromatic nitrogens is 2. The summed E-state index contributed by atoms with van der Waals surface area (Å²) in [5, 5.41) is 4.25. The van der Waals surface area contributed by atoms with Crippen LogP contribution in [0, 0.1) is 0 Å². The van der Waals surface area contributed by atoms with Crippen molar-refractivity contribution in [3.63, 3.8) is 0 Å². The van der Waals surface area contributed by atoms with E-state index in [-0.39, 0.29) is 0 Å². The highest BCUT2D eigenvalue weighted by Crippen LogP contribution is 2.24. The number of fused-ring (bicyclic) bond motifs is 1. The van der Waals surface area contributed by atoms with Crippen LogP contribution in [0.1, 0.15) is 4.88 Å². The summed E-state index contributed by atoms with van der Waals surface area (Å²) in [6.07, 6.45) is 1.53. The Hall–Kier alpha value is -1.85. The number of nitrogens with one attached hydrogen (secondary N) is 1. The van der Waals surface area contributed by atoms with Crippen LogP contribution in [0.25, 0.3) is 10.9 Å². The molecule has 96 valence electrons. The molecule has 19 heavy (non-hydrogen) atoms. The number of nitrogens with two attached hydrogens (primary N) is 1. The van der Waals surface area contributed by atoms with Gasteiger partial charge in [-0.1, -0.05) is 11.6 Å². The summed E-state index contributed by atoms with van der Waals surface area (Å²) in [7, 11) is 0. The van der Waals surface area contributed by atoms with Gasteiger partial charge in [-0.25, -0.2) is 9.97 Å². The van der Waals surface area contributed by atoms with Crippen LogP contribution < -0.4 is 11.1 Å². The van der Waals surface area contributed by atoms with Crippen LogP contribution in [-0.2, 0) is 6.54 Å². The summed E-state index contributed by atoms with van der Waals surface area (Å²) in [5.41, 5.74) is 7.28. The third-order valence-corrected chi connectivity index (χ3v) is 3.95. The quantitative estimate of drug-likeness (QED) is 0.724. The van der Waals surface area contributed by atoms with E-state index in [1.165, 1.54) is 6.33 Å². The summed E-state index contributed by atoms with van der Waals surface area (Å²) >= 11 is 7.46. The van der Waals surface area contributed by atoms with E-state index in [2.05, 4.69) is 15.3 Å². The molecule has 0 unspecified atom stereocenters. The first-order valence-corrected chi connectivity index (χ1v) is 6.90. The van der Waals surface area contributed by atoms with Gasteiger partial charge in [0.1, 0.15) is 12.1 Å². The van der Waals surface area contributed by atoms with Crippen LogP contribution in [-0.4, -0.2) is 9.97 Å². The number of thiophene rings is 1. The fraction of sp³-hybridized carbons (Fsp3) is 0.0769. The van der Waals surface area contributed by atoms with Crippen molar-refractivity contribution < 1.29 is 0 Å². The molecule has 6 heteroatoms.